The maximum absolute atomic E-state index is 2.59. The van der Waals surface area contributed by atoms with Crippen LogP contribution in [-0.4, -0.2) is 48.2 Å². The molecule has 0 spiro atoms. The van der Waals surface area contributed by atoms with E-state index in [4.69, 9.17) is 0 Å². The van der Waals surface area contributed by atoms with Crippen LogP contribution in [0.15, 0.2) is 24.3 Å². The summed E-state index contributed by atoms with van der Waals surface area (Å²) >= 11 is 0. The lowest BCUT2D eigenvalue weighted by atomic mass is 10.0. The first-order chi connectivity index (χ1) is 28.5. The van der Waals surface area contributed by atoms with Gasteiger partial charge in [0.2, 0.25) is 0 Å². The highest BCUT2D eigenvalue weighted by atomic mass is 15.4. The maximum Gasteiger partial charge on any atom is 0.104 e. The van der Waals surface area contributed by atoms with Crippen LogP contribution in [0, 0.1) is 0 Å². The predicted octanol–water partition coefficient (Wildman–Crippen LogP) is 18.5. The van der Waals surface area contributed by atoms with Crippen LogP contribution in [0.5, 0.6) is 0 Å². The van der Waals surface area contributed by atoms with Crippen LogP contribution in [-0.2, 0) is 13.1 Å². The Morgan fingerprint density at radius 3 is 0.603 bits per heavy atom. The number of rotatable bonds is 46. The standard InChI is InChI=1S/C56H110N2/c1-7-13-19-22-25-28-31-34-37-40-50-58(51-41-38-35-32-29-26-23-20-14-8-2,52-42-39-36-33-30-27-24-21-15-9-3)54-56-45-43-55(44-46-56)53-57(47-16-10-4,48-17-11-5)49-18-12-6/h43-46H,7-42,47-54H2,1-6H3/q+2. The van der Waals surface area contributed by atoms with Gasteiger partial charge in [0, 0.05) is 11.1 Å². The van der Waals surface area contributed by atoms with Gasteiger partial charge >= 0.3 is 0 Å². The third-order valence-corrected chi connectivity index (χ3v) is 14.0. The Kier molecular flexibility index (Phi) is 38.3. The zero-order valence-electron chi connectivity index (χ0n) is 41.3. The van der Waals surface area contributed by atoms with E-state index in [1.54, 1.807) is 11.1 Å². The van der Waals surface area contributed by atoms with Gasteiger partial charge in [0.1, 0.15) is 13.1 Å². The van der Waals surface area contributed by atoms with E-state index in [1.165, 1.54) is 292 Å². The highest BCUT2D eigenvalue weighted by Crippen LogP contribution is 2.25. The van der Waals surface area contributed by atoms with E-state index in [1.807, 2.05) is 0 Å². The van der Waals surface area contributed by atoms with Crippen LogP contribution in [0.4, 0.5) is 0 Å². The van der Waals surface area contributed by atoms with Gasteiger partial charge in [-0.1, -0.05) is 239 Å². The zero-order valence-corrected chi connectivity index (χ0v) is 41.3. The van der Waals surface area contributed by atoms with Gasteiger partial charge in [0.05, 0.1) is 39.3 Å². The average Bonchev–Trinajstić information content (AvgIpc) is 3.24. The van der Waals surface area contributed by atoms with Gasteiger partial charge in [-0.25, -0.2) is 0 Å². The fraction of sp³-hybridized carbons (Fsp3) is 0.893. The quantitative estimate of drug-likeness (QED) is 0.0454. The van der Waals surface area contributed by atoms with Crippen LogP contribution in [0.3, 0.4) is 0 Å². The van der Waals surface area contributed by atoms with E-state index in [-0.39, 0.29) is 0 Å². The van der Waals surface area contributed by atoms with Gasteiger partial charge in [-0.15, -0.1) is 0 Å². The molecule has 0 N–H and O–H groups in total. The third-order valence-electron chi connectivity index (χ3n) is 14.0. The molecule has 0 amide bonds. The van der Waals surface area contributed by atoms with Gasteiger partial charge in [0.15, 0.2) is 0 Å². The fourth-order valence-electron chi connectivity index (χ4n) is 9.95. The summed E-state index contributed by atoms with van der Waals surface area (Å²) in [6, 6.07) is 10.3. The average molecular weight is 812 g/mol. The van der Waals surface area contributed by atoms with Crippen molar-refractivity contribution in [2.45, 2.75) is 286 Å². The molecular formula is C56H110N2+2. The van der Waals surface area contributed by atoms with Gasteiger partial charge < -0.3 is 8.97 Å². The number of nitrogens with zero attached hydrogens (tertiary/aromatic N) is 2. The molecule has 0 saturated heterocycles. The fourth-order valence-corrected chi connectivity index (χ4v) is 9.95. The second-order valence-corrected chi connectivity index (χ2v) is 19.8. The van der Waals surface area contributed by atoms with Crippen LogP contribution in [0.25, 0.3) is 0 Å². The molecule has 0 bridgehead atoms. The molecule has 0 aliphatic carbocycles. The lowest BCUT2D eigenvalue weighted by molar-refractivity contribution is -0.941. The summed E-state index contributed by atoms with van der Waals surface area (Å²) < 4.78 is 2.67. The Labute approximate surface area is 368 Å². The van der Waals surface area contributed by atoms with E-state index >= 15 is 0 Å². The predicted molar refractivity (Wildman–Crippen MR) is 264 cm³/mol. The summed E-state index contributed by atoms with van der Waals surface area (Å²) in [5.41, 5.74) is 3.20. The molecule has 0 aliphatic rings. The molecule has 0 saturated carbocycles. The first-order valence-corrected chi connectivity index (χ1v) is 27.3. The molecule has 0 heterocycles. The largest absolute Gasteiger partial charge is 0.320 e. The Morgan fingerprint density at radius 1 is 0.224 bits per heavy atom. The SMILES string of the molecule is CCCCCCCCCCCC[N+](CCCCCCCCCCCC)(CCCCCCCCCCCC)Cc1ccc(C[N+](CCCC)(CCCC)CCCC)cc1. The Balaban J connectivity index is 3.08. The number of hydrogen-bond acceptors (Lipinski definition) is 0. The smallest absolute Gasteiger partial charge is 0.104 e. The lowest BCUT2D eigenvalue weighted by Gasteiger charge is -2.40. The summed E-state index contributed by atoms with van der Waals surface area (Å²) in [5.74, 6) is 0. The van der Waals surface area contributed by atoms with Crippen molar-refractivity contribution in [2.75, 3.05) is 39.3 Å². The second kappa shape index (κ2) is 40.2. The Hall–Kier alpha value is -0.860. The molecule has 1 aromatic carbocycles. The van der Waals surface area contributed by atoms with Gasteiger partial charge in [-0.3, -0.25) is 0 Å². The minimum Gasteiger partial charge on any atom is -0.320 e. The molecule has 1 aromatic rings. The van der Waals surface area contributed by atoms with Crippen molar-refractivity contribution >= 4 is 0 Å². The number of benzene rings is 1. The minimum absolute atomic E-state index is 1.23. The first-order valence-electron chi connectivity index (χ1n) is 27.3. The molecule has 0 unspecified atom stereocenters. The third kappa shape index (κ3) is 30.2. The summed E-state index contributed by atoms with van der Waals surface area (Å²) in [5, 5.41) is 0. The summed E-state index contributed by atoms with van der Waals surface area (Å²) in [4.78, 5) is 0. The van der Waals surface area contributed by atoms with E-state index in [0.29, 0.717) is 0 Å². The first kappa shape index (κ1) is 55.2. The van der Waals surface area contributed by atoms with E-state index < -0.39 is 0 Å². The van der Waals surface area contributed by atoms with Gasteiger partial charge in [0.25, 0.3) is 0 Å². The Morgan fingerprint density at radius 2 is 0.397 bits per heavy atom. The highest BCUT2D eigenvalue weighted by molar-refractivity contribution is 5.21. The monoisotopic (exact) mass is 811 g/mol. The number of quaternary nitrogens is 2. The van der Waals surface area contributed by atoms with Crippen LogP contribution in [0.1, 0.15) is 284 Å². The van der Waals surface area contributed by atoms with E-state index in [2.05, 4.69) is 65.8 Å². The molecule has 0 radical (unpaired) electrons. The van der Waals surface area contributed by atoms with Crippen LogP contribution >= 0.6 is 0 Å². The van der Waals surface area contributed by atoms with Gasteiger partial charge in [-0.2, -0.15) is 0 Å². The molecule has 58 heavy (non-hydrogen) atoms. The lowest BCUT2D eigenvalue weighted by Crippen LogP contribution is -2.49. The number of hydrogen-bond donors (Lipinski definition) is 0. The molecule has 0 fully saturated rings. The minimum atomic E-state index is 1.23. The Bertz CT molecular complexity index is 870. The van der Waals surface area contributed by atoms with Crippen molar-refractivity contribution in [1.29, 1.82) is 0 Å². The normalized spacial score (nSPS) is 12.2. The van der Waals surface area contributed by atoms with Crippen LogP contribution in [0.2, 0.25) is 0 Å². The molecule has 0 aliphatic heterocycles. The molecule has 0 aromatic heterocycles. The molecular weight excluding hydrogens is 701 g/mol. The number of unbranched alkanes of at least 4 members (excludes halogenated alkanes) is 30. The second-order valence-electron chi connectivity index (χ2n) is 19.8. The van der Waals surface area contributed by atoms with Crippen LogP contribution < -0.4 is 0 Å². The molecule has 342 valence electrons. The van der Waals surface area contributed by atoms with Crippen molar-refractivity contribution in [2.24, 2.45) is 0 Å². The summed E-state index contributed by atoms with van der Waals surface area (Å²) in [6.45, 7) is 24.9. The summed E-state index contributed by atoms with van der Waals surface area (Å²) in [6.07, 6.45) is 51.2. The molecule has 2 nitrogen and oxygen atoms in total. The molecule has 0 atom stereocenters. The van der Waals surface area contributed by atoms with E-state index in [9.17, 15) is 0 Å². The zero-order chi connectivity index (χ0) is 42.1. The maximum atomic E-state index is 2.59. The molecule has 2 heteroatoms. The van der Waals surface area contributed by atoms with Crippen molar-refractivity contribution in [3.05, 3.63) is 35.4 Å². The molecule has 1 rings (SSSR count). The van der Waals surface area contributed by atoms with E-state index in [0.717, 1.165) is 0 Å². The topological polar surface area (TPSA) is 0 Å². The van der Waals surface area contributed by atoms with Crippen molar-refractivity contribution < 1.29 is 8.97 Å². The summed E-state index contributed by atoms with van der Waals surface area (Å²) in [7, 11) is 0. The van der Waals surface area contributed by atoms with Gasteiger partial charge in [-0.05, 0) is 57.8 Å². The van der Waals surface area contributed by atoms with Crippen molar-refractivity contribution in [1.82, 2.24) is 0 Å². The highest BCUT2D eigenvalue weighted by Gasteiger charge is 2.29. The van der Waals surface area contributed by atoms with Crippen molar-refractivity contribution in [3.8, 4) is 0 Å². The van der Waals surface area contributed by atoms with Crippen molar-refractivity contribution in [3.63, 3.8) is 0 Å².